The van der Waals surface area contributed by atoms with Crippen molar-refractivity contribution >= 4 is 23.0 Å². The van der Waals surface area contributed by atoms with Gasteiger partial charge in [-0.25, -0.2) is 0 Å². The maximum atomic E-state index is 12.8. The van der Waals surface area contributed by atoms with Crippen LogP contribution < -0.4 is 0 Å². The molecule has 0 aliphatic rings. The van der Waals surface area contributed by atoms with Gasteiger partial charge in [0.25, 0.3) is 0 Å². The van der Waals surface area contributed by atoms with E-state index in [9.17, 15) is 14.7 Å². The van der Waals surface area contributed by atoms with Crippen molar-refractivity contribution in [3.8, 4) is 11.4 Å². The molecule has 0 saturated carbocycles. The second-order valence-electron chi connectivity index (χ2n) is 8.49. The number of fused-ring (bicyclic) bond motifs is 1. The SMILES string of the molecule is CCC(C)(C(=O)OC)C(C)(C)C(=O)OCCc1ccc(O)c(-n2nc3ccccc3n2)c1. The van der Waals surface area contributed by atoms with Crippen molar-refractivity contribution in [1.29, 1.82) is 0 Å². The molecular weight excluding hydrogens is 410 g/mol. The Balaban J connectivity index is 1.72. The number of carbonyl (C=O) groups excluding carboxylic acids is 2. The van der Waals surface area contributed by atoms with Crippen molar-refractivity contribution in [3.63, 3.8) is 0 Å². The lowest BCUT2D eigenvalue weighted by Crippen LogP contribution is -2.48. The number of hydrogen-bond donors (Lipinski definition) is 1. The monoisotopic (exact) mass is 439 g/mol. The lowest BCUT2D eigenvalue weighted by Gasteiger charge is -2.39. The molecule has 1 N–H and O–H groups in total. The van der Waals surface area contributed by atoms with Crippen LogP contribution in [0.4, 0.5) is 0 Å². The summed E-state index contributed by atoms with van der Waals surface area (Å²) in [5, 5.41) is 19.1. The van der Waals surface area contributed by atoms with Crippen LogP contribution in [0.1, 0.15) is 39.7 Å². The first kappa shape index (κ1) is 23.2. The highest BCUT2D eigenvalue weighted by Crippen LogP contribution is 2.43. The van der Waals surface area contributed by atoms with Gasteiger partial charge < -0.3 is 14.6 Å². The Morgan fingerprint density at radius 2 is 1.66 bits per heavy atom. The number of nitrogens with zero attached hydrogens (tertiary/aromatic N) is 3. The summed E-state index contributed by atoms with van der Waals surface area (Å²) < 4.78 is 10.5. The van der Waals surface area contributed by atoms with Crippen molar-refractivity contribution in [1.82, 2.24) is 15.0 Å². The highest BCUT2D eigenvalue weighted by Gasteiger charge is 2.52. The first-order chi connectivity index (χ1) is 15.1. The summed E-state index contributed by atoms with van der Waals surface area (Å²) in [6.45, 7) is 7.08. The van der Waals surface area contributed by atoms with Gasteiger partial charge in [-0.3, -0.25) is 9.59 Å². The molecule has 32 heavy (non-hydrogen) atoms. The molecular formula is C24H29N3O5. The number of ether oxygens (including phenoxy) is 2. The summed E-state index contributed by atoms with van der Waals surface area (Å²) in [5.74, 6) is -0.862. The molecule has 1 aromatic heterocycles. The van der Waals surface area contributed by atoms with E-state index >= 15 is 0 Å². The van der Waals surface area contributed by atoms with Crippen LogP contribution in [-0.2, 0) is 25.5 Å². The minimum atomic E-state index is -1.06. The van der Waals surface area contributed by atoms with Gasteiger partial charge in [0.05, 0.1) is 24.5 Å². The van der Waals surface area contributed by atoms with Crippen molar-refractivity contribution in [2.24, 2.45) is 10.8 Å². The molecule has 0 amide bonds. The Morgan fingerprint density at radius 3 is 2.22 bits per heavy atom. The smallest absolute Gasteiger partial charge is 0.312 e. The van der Waals surface area contributed by atoms with Gasteiger partial charge in [0.2, 0.25) is 0 Å². The quantitative estimate of drug-likeness (QED) is 0.532. The fraction of sp³-hybridized carbons (Fsp3) is 0.417. The van der Waals surface area contributed by atoms with Gasteiger partial charge in [-0.05, 0) is 57.0 Å². The second-order valence-corrected chi connectivity index (χ2v) is 8.49. The lowest BCUT2D eigenvalue weighted by molar-refractivity contribution is -0.175. The fourth-order valence-corrected chi connectivity index (χ4v) is 3.59. The third-order valence-electron chi connectivity index (χ3n) is 6.40. The van der Waals surface area contributed by atoms with E-state index in [1.54, 1.807) is 39.0 Å². The van der Waals surface area contributed by atoms with Crippen LogP contribution in [0.2, 0.25) is 0 Å². The average molecular weight is 440 g/mol. The van der Waals surface area contributed by atoms with Gasteiger partial charge in [0.15, 0.2) is 0 Å². The van der Waals surface area contributed by atoms with Crippen molar-refractivity contribution in [2.45, 2.75) is 40.5 Å². The third-order valence-corrected chi connectivity index (χ3v) is 6.40. The zero-order valence-corrected chi connectivity index (χ0v) is 19.1. The topological polar surface area (TPSA) is 104 Å². The standard InChI is InChI=1S/C24H29N3O5/c1-6-24(4,22(30)31-5)23(2,3)21(29)32-14-13-16-11-12-20(28)19(15-16)27-25-17-9-7-8-10-18(17)26-27/h7-12,15,28H,6,13-14H2,1-5H3. The molecule has 3 rings (SSSR count). The summed E-state index contributed by atoms with van der Waals surface area (Å²) in [7, 11) is 1.32. The van der Waals surface area contributed by atoms with E-state index in [1.807, 2.05) is 31.2 Å². The number of aromatic nitrogens is 3. The van der Waals surface area contributed by atoms with E-state index in [0.29, 0.717) is 18.5 Å². The molecule has 0 spiro atoms. The van der Waals surface area contributed by atoms with Crippen LogP contribution in [0.5, 0.6) is 5.75 Å². The van der Waals surface area contributed by atoms with Gasteiger partial charge in [0.1, 0.15) is 22.5 Å². The van der Waals surface area contributed by atoms with Crippen LogP contribution in [0.15, 0.2) is 42.5 Å². The van der Waals surface area contributed by atoms with E-state index in [0.717, 1.165) is 16.6 Å². The number of hydrogen-bond acceptors (Lipinski definition) is 7. The van der Waals surface area contributed by atoms with Crippen LogP contribution in [0, 0.1) is 10.8 Å². The van der Waals surface area contributed by atoms with Gasteiger partial charge >= 0.3 is 11.9 Å². The third kappa shape index (κ3) is 4.17. The van der Waals surface area contributed by atoms with Crippen LogP contribution in [0.3, 0.4) is 0 Å². The number of phenolic OH excluding ortho intramolecular Hbond substituents is 1. The minimum Gasteiger partial charge on any atom is -0.506 e. The summed E-state index contributed by atoms with van der Waals surface area (Å²) in [4.78, 5) is 26.5. The molecule has 1 atom stereocenters. The summed E-state index contributed by atoms with van der Waals surface area (Å²) >= 11 is 0. The van der Waals surface area contributed by atoms with Crippen molar-refractivity contribution < 1.29 is 24.2 Å². The van der Waals surface area contributed by atoms with Gasteiger partial charge in [-0.15, -0.1) is 15.0 Å². The number of carbonyl (C=O) groups is 2. The minimum absolute atomic E-state index is 0.0453. The number of benzene rings is 2. The normalized spacial score (nSPS) is 13.5. The maximum absolute atomic E-state index is 12.8. The largest absolute Gasteiger partial charge is 0.506 e. The molecule has 8 nitrogen and oxygen atoms in total. The average Bonchev–Trinajstić information content (AvgIpc) is 3.22. The summed E-state index contributed by atoms with van der Waals surface area (Å²) in [6, 6.07) is 12.5. The van der Waals surface area contributed by atoms with Gasteiger partial charge in [-0.1, -0.05) is 25.1 Å². The Labute approximate surface area is 187 Å². The lowest BCUT2D eigenvalue weighted by atomic mass is 9.65. The number of esters is 2. The van der Waals surface area contributed by atoms with Crippen LogP contribution >= 0.6 is 0 Å². The number of phenols is 1. The number of aromatic hydroxyl groups is 1. The summed E-state index contributed by atoms with van der Waals surface area (Å²) in [5.41, 5.74) is 0.661. The van der Waals surface area contributed by atoms with Gasteiger partial charge in [0, 0.05) is 6.42 Å². The predicted octanol–water partition coefficient (Wildman–Crippen LogP) is 3.83. The molecule has 0 aliphatic heterocycles. The van der Waals surface area contributed by atoms with E-state index in [4.69, 9.17) is 9.47 Å². The molecule has 0 fully saturated rings. The summed E-state index contributed by atoms with van der Waals surface area (Å²) in [6.07, 6.45) is 0.866. The highest BCUT2D eigenvalue weighted by molar-refractivity contribution is 5.87. The zero-order valence-electron chi connectivity index (χ0n) is 19.1. The molecule has 1 unspecified atom stereocenters. The van der Waals surface area contributed by atoms with Crippen LogP contribution in [-0.4, -0.2) is 45.8 Å². The van der Waals surface area contributed by atoms with E-state index in [-0.39, 0.29) is 12.4 Å². The molecule has 1 heterocycles. The molecule has 8 heteroatoms. The molecule has 0 radical (unpaired) electrons. The highest BCUT2D eigenvalue weighted by atomic mass is 16.5. The fourth-order valence-electron chi connectivity index (χ4n) is 3.59. The number of rotatable bonds is 8. The molecule has 3 aromatic rings. The molecule has 2 aromatic carbocycles. The van der Waals surface area contributed by atoms with E-state index < -0.39 is 22.8 Å². The first-order valence-corrected chi connectivity index (χ1v) is 10.5. The second kappa shape index (κ2) is 8.98. The predicted molar refractivity (Wildman–Crippen MR) is 119 cm³/mol. The molecule has 0 saturated heterocycles. The van der Waals surface area contributed by atoms with Crippen molar-refractivity contribution in [3.05, 3.63) is 48.0 Å². The number of methoxy groups -OCH3 is 1. The Morgan fingerprint density at radius 1 is 1.03 bits per heavy atom. The van der Waals surface area contributed by atoms with E-state index in [1.165, 1.54) is 11.9 Å². The van der Waals surface area contributed by atoms with Crippen molar-refractivity contribution in [2.75, 3.05) is 13.7 Å². The maximum Gasteiger partial charge on any atom is 0.312 e. The molecule has 0 bridgehead atoms. The zero-order chi connectivity index (χ0) is 23.5. The van der Waals surface area contributed by atoms with E-state index in [2.05, 4.69) is 10.2 Å². The Hall–Kier alpha value is -3.42. The molecule has 0 aliphatic carbocycles. The van der Waals surface area contributed by atoms with Gasteiger partial charge in [-0.2, -0.15) is 0 Å². The molecule has 170 valence electrons. The Bertz CT molecular complexity index is 1100. The van der Waals surface area contributed by atoms with Crippen LogP contribution in [0.25, 0.3) is 16.7 Å². The first-order valence-electron chi connectivity index (χ1n) is 10.5. The Kier molecular flexibility index (Phi) is 6.52.